The molecule has 6 heteroatoms. The normalized spacial score (nSPS) is 42.2. The Labute approximate surface area is 285 Å². The van der Waals surface area contributed by atoms with Crippen molar-refractivity contribution in [2.75, 3.05) is 14.2 Å². The molecule has 0 bridgehead atoms. The van der Waals surface area contributed by atoms with Gasteiger partial charge in [0.15, 0.2) is 0 Å². The van der Waals surface area contributed by atoms with Crippen molar-refractivity contribution < 1.29 is 28.6 Å². The highest BCUT2D eigenvalue weighted by Crippen LogP contribution is 2.78. The molecule has 5 rings (SSSR count). The van der Waals surface area contributed by atoms with Crippen LogP contribution in [0.3, 0.4) is 0 Å². The third-order valence-corrected chi connectivity index (χ3v) is 16.0. The molecule has 5 aliphatic carbocycles. The summed E-state index contributed by atoms with van der Waals surface area (Å²) < 4.78 is 16.3. The van der Waals surface area contributed by atoms with Crippen molar-refractivity contribution in [2.24, 2.45) is 62.1 Å². The topological polar surface area (TPSA) is 78.9 Å². The van der Waals surface area contributed by atoms with Crippen molar-refractivity contribution in [3.05, 3.63) is 12.2 Å². The van der Waals surface area contributed by atoms with Crippen molar-refractivity contribution in [3.63, 3.8) is 0 Å². The lowest BCUT2D eigenvalue weighted by Gasteiger charge is -2.73. The number of hydrogen-bond donors (Lipinski definition) is 0. The number of fused-ring (bicyclic) bond motifs is 7. The average Bonchev–Trinajstić information content (AvgIpc) is 3.37. The number of esters is 3. The molecule has 5 saturated carbocycles. The second-order valence-corrected chi connectivity index (χ2v) is 19.1. The first kappa shape index (κ1) is 36.4. The molecule has 4 unspecified atom stereocenters. The van der Waals surface area contributed by atoms with Gasteiger partial charge in [-0.15, -0.1) is 0 Å². The van der Waals surface area contributed by atoms with Gasteiger partial charge in [0.2, 0.25) is 0 Å². The third kappa shape index (κ3) is 5.92. The minimum atomic E-state index is -0.502. The van der Waals surface area contributed by atoms with E-state index in [2.05, 4.69) is 48.1 Å². The monoisotopic (exact) mass is 654 g/mol. The van der Waals surface area contributed by atoms with Gasteiger partial charge in [-0.1, -0.05) is 60.6 Å². The Bertz CT molecular complexity index is 1250. The van der Waals surface area contributed by atoms with Gasteiger partial charge < -0.3 is 14.2 Å². The second-order valence-electron chi connectivity index (χ2n) is 19.1. The van der Waals surface area contributed by atoms with Crippen LogP contribution in [-0.4, -0.2) is 38.2 Å². The molecule has 0 aliphatic heterocycles. The second kappa shape index (κ2) is 12.5. The fourth-order valence-electron chi connectivity index (χ4n) is 13.5. The molecule has 10 atom stereocenters. The first-order valence-corrected chi connectivity index (χ1v) is 18.8. The number of carbonyl (C=O) groups excluding carboxylic acids is 3. The van der Waals surface area contributed by atoms with E-state index in [4.69, 9.17) is 14.2 Å². The first-order valence-electron chi connectivity index (χ1n) is 18.8. The van der Waals surface area contributed by atoms with Crippen molar-refractivity contribution in [1.82, 2.24) is 0 Å². The summed E-state index contributed by atoms with van der Waals surface area (Å²) in [4.78, 5) is 37.6. The molecule has 0 spiro atoms. The highest BCUT2D eigenvalue weighted by Gasteiger charge is 2.71. The summed E-state index contributed by atoms with van der Waals surface area (Å²) in [5, 5.41) is 0. The lowest BCUT2D eigenvalue weighted by Crippen LogP contribution is -2.66. The van der Waals surface area contributed by atoms with E-state index in [-0.39, 0.29) is 63.9 Å². The number of rotatable bonds is 9. The Morgan fingerprint density at radius 2 is 1.40 bits per heavy atom. The van der Waals surface area contributed by atoms with E-state index in [1.807, 2.05) is 13.8 Å². The van der Waals surface area contributed by atoms with E-state index in [1.165, 1.54) is 71.2 Å². The molecule has 0 heterocycles. The largest absolute Gasteiger partial charge is 0.469 e. The van der Waals surface area contributed by atoms with Crippen molar-refractivity contribution >= 4 is 17.9 Å². The number of hydrogen-bond acceptors (Lipinski definition) is 6. The Kier molecular flexibility index (Phi) is 9.68. The predicted molar refractivity (Wildman–Crippen MR) is 185 cm³/mol. The fraction of sp³-hybridized carbons (Fsp3) is 0.878. The van der Waals surface area contributed by atoms with Gasteiger partial charge in [0.05, 0.1) is 27.1 Å². The summed E-state index contributed by atoms with van der Waals surface area (Å²) in [5.74, 6) is 2.36. The van der Waals surface area contributed by atoms with Gasteiger partial charge in [-0.25, -0.2) is 0 Å². The summed E-state index contributed by atoms with van der Waals surface area (Å²) in [6.45, 7) is 23.3. The van der Waals surface area contributed by atoms with Crippen LogP contribution in [0.25, 0.3) is 0 Å². The molecule has 0 aromatic rings. The molecule has 5 aliphatic rings. The minimum Gasteiger partial charge on any atom is -0.469 e. The Hall–Kier alpha value is -1.85. The zero-order chi connectivity index (χ0) is 34.8. The van der Waals surface area contributed by atoms with Crippen molar-refractivity contribution in [1.29, 1.82) is 0 Å². The van der Waals surface area contributed by atoms with E-state index >= 15 is 0 Å². The highest BCUT2D eigenvalue weighted by atomic mass is 16.5. The van der Waals surface area contributed by atoms with Crippen molar-refractivity contribution in [3.8, 4) is 0 Å². The standard InChI is InChI=1S/C41H66O6/c1-26(2)27-14-20-41(21-17-32(42)45-10)23-22-39(8)28(35(27)41)12-13-30-38(7)18-16-31(37(5,6)29(38)15-19-40(30,39)9)47-34(44)25-36(3,4)24-33(43)46-11/h27-31,35H,1,12-25H2,2-11H3/t27-,28?,29?,30?,31-,35?,38-,39+,40+,41-/m0/s1. The van der Waals surface area contributed by atoms with E-state index < -0.39 is 5.41 Å². The van der Waals surface area contributed by atoms with E-state index in [9.17, 15) is 14.4 Å². The molecular formula is C41H66O6. The average molecular weight is 655 g/mol. The maximum Gasteiger partial charge on any atom is 0.306 e. The fourth-order valence-corrected chi connectivity index (χ4v) is 13.5. The zero-order valence-electron chi connectivity index (χ0n) is 31.5. The van der Waals surface area contributed by atoms with Crippen LogP contribution in [0.5, 0.6) is 0 Å². The van der Waals surface area contributed by atoms with E-state index in [0.717, 1.165) is 19.3 Å². The Morgan fingerprint density at radius 3 is 2.04 bits per heavy atom. The molecule has 0 radical (unpaired) electrons. The quantitative estimate of drug-likeness (QED) is 0.140. The van der Waals surface area contributed by atoms with Gasteiger partial charge in [-0.3, -0.25) is 14.4 Å². The van der Waals surface area contributed by atoms with Crippen LogP contribution >= 0.6 is 0 Å². The molecule has 47 heavy (non-hydrogen) atoms. The third-order valence-electron chi connectivity index (χ3n) is 16.0. The van der Waals surface area contributed by atoms with Gasteiger partial charge >= 0.3 is 17.9 Å². The number of ether oxygens (including phenoxy) is 3. The van der Waals surface area contributed by atoms with Crippen LogP contribution in [-0.2, 0) is 28.6 Å². The molecule has 0 N–H and O–H groups in total. The van der Waals surface area contributed by atoms with Gasteiger partial charge in [0.1, 0.15) is 6.10 Å². The van der Waals surface area contributed by atoms with E-state index in [0.29, 0.717) is 36.0 Å². The summed E-state index contributed by atoms with van der Waals surface area (Å²) in [5.41, 5.74) is 1.63. The Balaban J connectivity index is 1.37. The predicted octanol–water partition coefficient (Wildman–Crippen LogP) is 9.49. The summed E-state index contributed by atoms with van der Waals surface area (Å²) in [7, 11) is 2.91. The number of methoxy groups -OCH3 is 2. The number of carbonyl (C=O) groups is 3. The SMILES string of the molecule is C=C(C)[C@@H]1CC[C@]2(CCC(=O)OC)CC[C@]3(C)C(CCC4[C@@]5(C)CC[C@H](OC(=O)CC(C)(C)CC(=O)OC)C(C)(C)C5CC[C@]43C)C12. The molecule has 0 amide bonds. The maximum atomic E-state index is 13.3. The molecular weight excluding hydrogens is 588 g/mol. The van der Waals surface area contributed by atoms with Crippen molar-refractivity contribution in [2.45, 2.75) is 151 Å². The summed E-state index contributed by atoms with van der Waals surface area (Å²) in [6.07, 6.45) is 13.6. The smallest absolute Gasteiger partial charge is 0.306 e. The molecule has 0 aromatic carbocycles. The molecule has 266 valence electrons. The molecule has 0 aromatic heterocycles. The van der Waals surface area contributed by atoms with Crippen LogP contribution in [0, 0.1) is 62.1 Å². The van der Waals surface area contributed by atoms with Gasteiger partial charge in [-0.05, 0) is 134 Å². The van der Waals surface area contributed by atoms with Gasteiger partial charge in [0.25, 0.3) is 0 Å². The van der Waals surface area contributed by atoms with E-state index in [1.54, 1.807) is 0 Å². The zero-order valence-corrected chi connectivity index (χ0v) is 31.5. The molecule has 6 nitrogen and oxygen atoms in total. The lowest BCUT2D eigenvalue weighted by atomic mass is 9.32. The minimum absolute atomic E-state index is 0.0686. The van der Waals surface area contributed by atoms with Gasteiger partial charge in [0, 0.05) is 11.8 Å². The molecule has 0 saturated heterocycles. The first-order chi connectivity index (χ1) is 21.8. The van der Waals surface area contributed by atoms with Crippen LogP contribution < -0.4 is 0 Å². The highest BCUT2D eigenvalue weighted by molar-refractivity contribution is 5.74. The van der Waals surface area contributed by atoms with Crippen LogP contribution in [0.2, 0.25) is 0 Å². The Morgan fingerprint density at radius 1 is 0.745 bits per heavy atom. The lowest BCUT2D eigenvalue weighted by molar-refractivity contribution is -0.250. The summed E-state index contributed by atoms with van der Waals surface area (Å²) in [6, 6.07) is 0. The maximum absolute atomic E-state index is 13.3. The van der Waals surface area contributed by atoms with Crippen LogP contribution in [0.1, 0.15) is 145 Å². The number of allylic oxidation sites excluding steroid dienone is 1. The summed E-state index contributed by atoms with van der Waals surface area (Å²) >= 11 is 0. The van der Waals surface area contributed by atoms with Crippen LogP contribution in [0.4, 0.5) is 0 Å². The van der Waals surface area contributed by atoms with Gasteiger partial charge in [-0.2, -0.15) is 0 Å². The van der Waals surface area contributed by atoms with Crippen LogP contribution in [0.15, 0.2) is 12.2 Å². The molecule has 5 fully saturated rings.